The Morgan fingerprint density at radius 2 is 1.84 bits per heavy atom. The fourth-order valence-electron chi connectivity index (χ4n) is 8.52. The highest BCUT2D eigenvalue weighted by Crippen LogP contribution is 2.51. The van der Waals surface area contributed by atoms with Gasteiger partial charge < -0.3 is 29.7 Å². The molecule has 0 bridgehead atoms. The predicted octanol–water partition coefficient (Wildman–Crippen LogP) is 5.00. The molecular weight excluding hydrogens is 772 g/mol. The Morgan fingerprint density at radius 3 is 2.52 bits per heavy atom. The molecular formula is C41H55FN6O9S. The number of hydrogen-bond acceptors (Lipinski definition) is 11. The van der Waals surface area contributed by atoms with Gasteiger partial charge in [-0.05, 0) is 70.3 Å². The number of aromatic nitrogens is 2. The summed E-state index contributed by atoms with van der Waals surface area (Å²) >= 11 is 0. The van der Waals surface area contributed by atoms with Crippen molar-refractivity contribution in [1.29, 1.82) is 0 Å². The number of aryl methyl sites for hydroxylation is 1. The van der Waals surface area contributed by atoms with Crippen molar-refractivity contribution in [2.24, 2.45) is 11.3 Å². The molecule has 0 radical (unpaired) electrons. The molecule has 5 heterocycles. The molecule has 58 heavy (non-hydrogen) atoms. The van der Waals surface area contributed by atoms with Gasteiger partial charge in [0.15, 0.2) is 0 Å². The third-order valence-corrected chi connectivity index (χ3v) is 14.5. The van der Waals surface area contributed by atoms with Crippen molar-refractivity contribution in [3.05, 3.63) is 35.5 Å². The van der Waals surface area contributed by atoms with E-state index in [1.807, 2.05) is 32.9 Å². The lowest BCUT2D eigenvalue weighted by Crippen LogP contribution is -2.70. The van der Waals surface area contributed by atoms with E-state index in [0.29, 0.717) is 49.7 Å². The zero-order valence-corrected chi connectivity index (χ0v) is 34.9. The first kappa shape index (κ1) is 41.6. The first-order valence-electron chi connectivity index (χ1n) is 20.3. The standard InChI is InChI=1S/C41H55FN6O9S/c1-24-33-31(32-27(43-24)14-15-30(45-32)55-6)26(42)20-40(57-33)21-29-34(49)46-41(36(51)47-58(53,54)39(5)18-19-39)17-16-25(41)12-10-8-7-9-11-13-28(35(50)48(29)22-40)44-37(52)56-23-38(2,3)4/h10,12,14-15,25-26,28-29H,7-9,11,13,16-23H2,1-6H3,(H,44,52)(H,46,49)(H,47,51)/b12-10-/t25-,26-,28+,29+,40-,41-/m1/s1. The zero-order chi connectivity index (χ0) is 41.8. The normalized spacial score (nSPS) is 30.2. The summed E-state index contributed by atoms with van der Waals surface area (Å²) in [5.74, 6) is -2.24. The molecule has 3 N–H and O–H groups in total. The van der Waals surface area contributed by atoms with Gasteiger partial charge in [0, 0.05) is 24.8 Å². The highest BCUT2D eigenvalue weighted by molar-refractivity contribution is 7.91. The molecule has 0 aromatic carbocycles. The van der Waals surface area contributed by atoms with Gasteiger partial charge in [0.25, 0.3) is 5.91 Å². The first-order valence-corrected chi connectivity index (χ1v) is 21.8. The second-order valence-corrected chi connectivity index (χ2v) is 20.4. The number of nitrogens with zero attached hydrogens (tertiary/aromatic N) is 3. The number of sulfonamides is 1. The number of alkyl carbamates (subject to hydrolysis) is 1. The lowest BCUT2D eigenvalue weighted by molar-refractivity contribution is -0.144. The third kappa shape index (κ3) is 7.94. The number of fused-ring (bicyclic) bond motifs is 5. The Balaban J connectivity index is 1.26. The number of alkyl halides is 1. The zero-order valence-electron chi connectivity index (χ0n) is 34.1. The molecule has 316 valence electrons. The number of allylic oxidation sites excluding steroid dienone is 1. The molecule has 0 unspecified atom stereocenters. The van der Waals surface area contributed by atoms with Crippen LogP contribution in [-0.2, 0) is 29.1 Å². The van der Waals surface area contributed by atoms with Gasteiger partial charge in [0.2, 0.25) is 27.7 Å². The molecule has 2 aromatic rings. The number of carbonyl (C=O) groups is 4. The summed E-state index contributed by atoms with van der Waals surface area (Å²) in [6, 6.07) is 0.927. The van der Waals surface area contributed by atoms with E-state index in [0.717, 1.165) is 6.42 Å². The molecule has 2 aromatic heterocycles. The molecule has 2 aliphatic carbocycles. The molecule has 3 fully saturated rings. The number of ether oxygens (including phenoxy) is 3. The second-order valence-electron chi connectivity index (χ2n) is 18.2. The van der Waals surface area contributed by atoms with Crippen molar-refractivity contribution in [3.63, 3.8) is 0 Å². The minimum absolute atomic E-state index is 0.0953. The van der Waals surface area contributed by atoms with E-state index in [-0.39, 0.29) is 67.0 Å². The maximum Gasteiger partial charge on any atom is 0.407 e. The van der Waals surface area contributed by atoms with Crippen molar-refractivity contribution in [2.45, 2.75) is 139 Å². The van der Waals surface area contributed by atoms with Gasteiger partial charge in [-0.15, -0.1) is 0 Å². The van der Waals surface area contributed by atoms with E-state index < -0.39 is 73.9 Å². The van der Waals surface area contributed by atoms with Crippen molar-refractivity contribution in [1.82, 2.24) is 30.2 Å². The molecule has 17 heteroatoms. The fourth-order valence-corrected chi connectivity index (χ4v) is 9.83. The van der Waals surface area contributed by atoms with E-state index in [9.17, 15) is 27.6 Å². The van der Waals surface area contributed by atoms with Gasteiger partial charge in [-0.1, -0.05) is 45.8 Å². The van der Waals surface area contributed by atoms with Crippen LogP contribution < -0.4 is 24.8 Å². The summed E-state index contributed by atoms with van der Waals surface area (Å²) in [4.78, 5) is 67.4. The van der Waals surface area contributed by atoms with Crippen LogP contribution >= 0.6 is 0 Å². The molecule has 7 rings (SSSR count). The van der Waals surface area contributed by atoms with Crippen LogP contribution in [0.2, 0.25) is 0 Å². The maximum atomic E-state index is 16.8. The van der Waals surface area contributed by atoms with E-state index in [1.54, 1.807) is 26.0 Å². The van der Waals surface area contributed by atoms with Crippen LogP contribution in [0.3, 0.4) is 0 Å². The average molecular weight is 827 g/mol. The summed E-state index contributed by atoms with van der Waals surface area (Å²) < 4.78 is 62.2. The van der Waals surface area contributed by atoms with E-state index >= 15 is 4.39 Å². The number of rotatable bonds is 6. The lowest BCUT2D eigenvalue weighted by atomic mass is 9.65. The molecule has 5 aliphatic rings. The fraction of sp³-hybridized carbons (Fsp3) is 0.659. The van der Waals surface area contributed by atoms with Crippen molar-refractivity contribution >= 4 is 44.9 Å². The van der Waals surface area contributed by atoms with Gasteiger partial charge in [-0.3, -0.25) is 19.1 Å². The molecule has 4 amide bonds. The molecule has 1 spiro atoms. The minimum Gasteiger partial charge on any atom is -0.483 e. The van der Waals surface area contributed by atoms with Gasteiger partial charge in [0.1, 0.15) is 40.7 Å². The van der Waals surface area contributed by atoms with Crippen molar-refractivity contribution in [3.8, 4) is 11.6 Å². The maximum absolute atomic E-state index is 16.8. The molecule has 2 saturated carbocycles. The summed E-state index contributed by atoms with van der Waals surface area (Å²) in [6.07, 6.45) is 5.39. The van der Waals surface area contributed by atoms with Crippen LogP contribution in [0.15, 0.2) is 24.3 Å². The topological polar surface area (TPSA) is 195 Å². The Bertz CT molecular complexity index is 2140. The smallest absolute Gasteiger partial charge is 0.407 e. The quantitative estimate of drug-likeness (QED) is 0.332. The molecule has 6 atom stereocenters. The third-order valence-electron chi connectivity index (χ3n) is 12.4. The van der Waals surface area contributed by atoms with Crippen LogP contribution in [0, 0.1) is 18.3 Å². The average Bonchev–Trinajstić information content (AvgIpc) is 3.82. The van der Waals surface area contributed by atoms with Crippen LogP contribution in [0.5, 0.6) is 11.6 Å². The number of hydrogen-bond donors (Lipinski definition) is 3. The van der Waals surface area contributed by atoms with Gasteiger partial charge >= 0.3 is 6.09 Å². The summed E-state index contributed by atoms with van der Waals surface area (Å²) in [5, 5.41) is 5.66. The minimum atomic E-state index is -4.06. The van der Waals surface area contributed by atoms with Crippen LogP contribution in [0.25, 0.3) is 11.0 Å². The number of nitrogens with one attached hydrogen (secondary N) is 3. The summed E-state index contributed by atoms with van der Waals surface area (Å²) in [6.45, 7) is 8.86. The van der Waals surface area contributed by atoms with E-state index in [4.69, 9.17) is 14.2 Å². The number of amides is 4. The van der Waals surface area contributed by atoms with Crippen molar-refractivity contribution in [2.75, 3.05) is 20.3 Å². The predicted molar refractivity (Wildman–Crippen MR) is 211 cm³/mol. The van der Waals surface area contributed by atoms with Crippen LogP contribution in [-0.4, -0.2) is 95.3 Å². The molecule has 3 aliphatic heterocycles. The van der Waals surface area contributed by atoms with Gasteiger partial charge in [-0.25, -0.2) is 27.6 Å². The summed E-state index contributed by atoms with van der Waals surface area (Å²) in [5.41, 5.74) is -2.09. The highest BCUT2D eigenvalue weighted by Gasteiger charge is 2.60. The van der Waals surface area contributed by atoms with Gasteiger partial charge in [0.05, 0.1) is 41.8 Å². The number of carbonyl (C=O) groups excluding carboxylic acids is 4. The van der Waals surface area contributed by atoms with Crippen LogP contribution in [0.4, 0.5) is 9.18 Å². The lowest BCUT2D eigenvalue weighted by Gasteiger charge is -2.48. The molecule has 1 saturated heterocycles. The Labute approximate surface area is 338 Å². The number of halogens is 1. The number of methoxy groups -OCH3 is 1. The van der Waals surface area contributed by atoms with E-state index in [2.05, 4.69) is 25.3 Å². The largest absolute Gasteiger partial charge is 0.483 e. The summed E-state index contributed by atoms with van der Waals surface area (Å²) in [7, 11) is -2.60. The SMILES string of the molecule is COc1ccc2nc(C)c3c(c2n1)[C@H](F)C[C@]1(C[C@H]2C(=O)N[C@]4(C(=O)NS(=O)(=O)C5(C)CC5)CC[C@H]4/C=C\CCCCC[C@H](NC(=O)OCC(C)(C)C)C(=O)N2C1)O3. The van der Waals surface area contributed by atoms with Crippen LogP contribution in [0.1, 0.15) is 116 Å². The number of pyridine rings is 2. The Hall–Kier alpha value is -4.54. The highest BCUT2D eigenvalue weighted by atomic mass is 32.2. The first-order chi connectivity index (χ1) is 27.3. The van der Waals surface area contributed by atoms with E-state index in [1.165, 1.54) is 12.0 Å². The molecule has 15 nitrogen and oxygen atoms in total. The monoisotopic (exact) mass is 826 g/mol. The van der Waals surface area contributed by atoms with Gasteiger partial charge in [-0.2, -0.15) is 0 Å². The van der Waals surface area contributed by atoms with Crippen molar-refractivity contribution < 1.29 is 46.2 Å². The Kier molecular flexibility index (Phi) is 10.9. The Morgan fingerprint density at radius 1 is 1.09 bits per heavy atom. The second kappa shape index (κ2) is 15.2.